The van der Waals surface area contributed by atoms with Gasteiger partial charge in [-0.25, -0.2) is 18.4 Å². The van der Waals surface area contributed by atoms with E-state index in [0.717, 1.165) is 24.4 Å². The van der Waals surface area contributed by atoms with Crippen LogP contribution in [0.5, 0.6) is 0 Å². The van der Waals surface area contributed by atoms with Crippen LogP contribution in [-0.4, -0.2) is 54.6 Å². The van der Waals surface area contributed by atoms with Crippen LogP contribution in [0.1, 0.15) is 12.5 Å². The summed E-state index contributed by atoms with van der Waals surface area (Å²) in [6.07, 6.45) is 4.79. The molecule has 0 aliphatic carbocycles. The smallest absolute Gasteiger partial charge is 0.226 e. The van der Waals surface area contributed by atoms with Crippen LogP contribution in [0.15, 0.2) is 12.4 Å². The van der Waals surface area contributed by atoms with Crippen LogP contribution in [0.3, 0.4) is 0 Å². The third kappa shape index (κ3) is 3.83. The molecule has 0 amide bonds. The van der Waals surface area contributed by atoms with Crippen molar-refractivity contribution in [3.63, 3.8) is 0 Å². The fraction of sp³-hybridized carbons (Fsp3) is 0.667. The van der Waals surface area contributed by atoms with E-state index in [4.69, 9.17) is 0 Å². The van der Waals surface area contributed by atoms with Gasteiger partial charge >= 0.3 is 0 Å². The summed E-state index contributed by atoms with van der Waals surface area (Å²) in [5.41, 5.74) is 0.998. The van der Waals surface area contributed by atoms with Gasteiger partial charge in [-0.3, -0.25) is 0 Å². The summed E-state index contributed by atoms with van der Waals surface area (Å²) >= 11 is 1.66. The van der Waals surface area contributed by atoms with Crippen molar-refractivity contribution >= 4 is 27.5 Å². The Morgan fingerprint density at radius 2 is 2.15 bits per heavy atom. The van der Waals surface area contributed by atoms with Gasteiger partial charge in [-0.2, -0.15) is 11.8 Å². The zero-order valence-electron chi connectivity index (χ0n) is 11.7. The number of sulfone groups is 1. The van der Waals surface area contributed by atoms with Gasteiger partial charge in [-0.05, 0) is 6.54 Å². The molecule has 0 aromatic carbocycles. The Kier molecular flexibility index (Phi) is 5.22. The molecule has 6 nitrogen and oxygen atoms in total. The van der Waals surface area contributed by atoms with E-state index >= 15 is 0 Å². The Labute approximate surface area is 124 Å². The Balaban J connectivity index is 2.16. The summed E-state index contributed by atoms with van der Waals surface area (Å²) in [5.74, 6) is 1.97. The van der Waals surface area contributed by atoms with Gasteiger partial charge in [0.05, 0.1) is 0 Å². The zero-order chi connectivity index (χ0) is 14.6. The van der Waals surface area contributed by atoms with Gasteiger partial charge in [0.25, 0.3) is 0 Å². The SMILES string of the molecule is CCNCc1cnc(N2CCSCC2S(C)(=O)=O)nc1. The first-order valence-electron chi connectivity index (χ1n) is 6.57. The fourth-order valence-electron chi connectivity index (χ4n) is 2.02. The van der Waals surface area contributed by atoms with E-state index in [1.807, 2.05) is 6.92 Å². The van der Waals surface area contributed by atoms with Crippen molar-refractivity contribution in [3.05, 3.63) is 18.0 Å². The second-order valence-corrected chi connectivity index (χ2v) is 8.08. The lowest BCUT2D eigenvalue weighted by molar-refractivity contribution is 0.582. The number of rotatable bonds is 5. The van der Waals surface area contributed by atoms with Crippen molar-refractivity contribution < 1.29 is 8.42 Å². The topological polar surface area (TPSA) is 75.2 Å². The van der Waals surface area contributed by atoms with Crippen molar-refractivity contribution in [2.45, 2.75) is 18.8 Å². The molecule has 20 heavy (non-hydrogen) atoms. The van der Waals surface area contributed by atoms with Crippen LogP contribution in [0.4, 0.5) is 5.95 Å². The number of thioether (sulfide) groups is 1. The molecule has 1 saturated heterocycles. The third-order valence-electron chi connectivity index (χ3n) is 3.11. The Bertz CT molecular complexity index is 533. The highest BCUT2D eigenvalue weighted by Gasteiger charge is 2.32. The molecule has 8 heteroatoms. The second-order valence-electron chi connectivity index (χ2n) is 4.72. The molecule has 0 radical (unpaired) electrons. The number of hydrogen-bond acceptors (Lipinski definition) is 7. The van der Waals surface area contributed by atoms with Crippen LogP contribution >= 0.6 is 11.8 Å². The monoisotopic (exact) mass is 316 g/mol. The maximum absolute atomic E-state index is 11.9. The first-order chi connectivity index (χ1) is 9.52. The van der Waals surface area contributed by atoms with Crippen LogP contribution in [-0.2, 0) is 16.4 Å². The number of nitrogens with zero attached hydrogens (tertiary/aromatic N) is 3. The first kappa shape index (κ1) is 15.5. The molecular formula is C12H20N4O2S2. The maximum atomic E-state index is 11.9. The predicted molar refractivity (Wildman–Crippen MR) is 82.7 cm³/mol. The predicted octanol–water partition coefficient (Wildman–Crippen LogP) is 0.510. The van der Waals surface area contributed by atoms with E-state index in [0.29, 0.717) is 18.2 Å². The summed E-state index contributed by atoms with van der Waals surface area (Å²) < 4.78 is 23.7. The normalized spacial score (nSPS) is 20.1. The van der Waals surface area contributed by atoms with Crippen LogP contribution < -0.4 is 10.2 Å². The van der Waals surface area contributed by atoms with Gasteiger partial charge in [0.2, 0.25) is 5.95 Å². The Hall–Kier alpha value is -0.860. The van der Waals surface area contributed by atoms with Gasteiger partial charge in [0.1, 0.15) is 5.37 Å². The maximum Gasteiger partial charge on any atom is 0.226 e. The summed E-state index contributed by atoms with van der Waals surface area (Å²) in [7, 11) is -3.13. The average Bonchev–Trinajstić information content (AvgIpc) is 2.45. The molecule has 0 saturated carbocycles. The Morgan fingerprint density at radius 3 is 2.75 bits per heavy atom. The quantitative estimate of drug-likeness (QED) is 0.848. The minimum absolute atomic E-state index is 0.501. The molecule has 1 unspecified atom stereocenters. The summed E-state index contributed by atoms with van der Waals surface area (Å²) in [6.45, 7) is 4.32. The lowest BCUT2D eigenvalue weighted by Crippen LogP contribution is -2.47. The van der Waals surface area contributed by atoms with E-state index in [-0.39, 0.29) is 0 Å². The van der Waals surface area contributed by atoms with E-state index < -0.39 is 15.2 Å². The molecule has 1 aliphatic heterocycles. The molecule has 1 fully saturated rings. The fourth-order valence-corrected chi connectivity index (χ4v) is 4.83. The number of hydrogen-bond donors (Lipinski definition) is 1. The van der Waals surface area contributed by atoms with Gasteiger partial charge in [0, 0.05) is 48.8 Å². The number of aromatic nitrogens is 2. The van der Waals surface area contributed by atoms with E-state index in [2.05, 4.69) is 15.3 Å². The second kappa shape index (κ2) is 6.73. The van der Waals surface area contributed by atoms with Crippen molar-refractivity contribution in [2.24, 2.45) is 0 Å². The highest BCUT2D eigenvalue weighted by molar-refractivity contribution is 8.01. The van der Waals surface area contributed by atoms with Gasteiger partial charge in [-0.1, -0.05) is 6.92 Å². The van der Waals surface area contributed by atoms with Crippen LogP contribution in [0, 0.1) is 0 Å². The molecule has 2 heterocycles. The van der Waals surface area contributed by atoms with Gasteiger partial charge < -0.3 is 10.2 Å². The first-order valence-corrected chi connectivity index (χ1v) is 9.68. The van der Waals surface area contributed by atoms with E-state index in [9.17, 15) is 8.42 Å². The summed E-state index contributed by atoms with van der Waals surface area (Å²) in [5, 5.41) is 2.68. The Morgan fingerprint density at radius 1 is 1.45 bits per heavy atom. The lowest BCUT2D eigenvalue weighted by Gasteiger charge is -2.33. The molecule has 112 valence electrons. The van der Waals surface area contributed by atoms with Crippen molar-refractivity contribution in [1.29, 1.82) is 0 Å². The molecule has 2 rings (SSSR count). The zero-order valence-corrected chi connectivity index (χ0v) is 13.4. The molecular weight excluding hydrogens is 296 g/mol. The van der Waals surface area contributed by atoms with E-state index in [1.54, 1.807) is 29.1 Å². The van der Waals surface area contributed by atoms with Gasteiger partial charge in [0.15, 0.2) is 9.84 Å². The van der Waals surface area contributed by atoms with Crippen LogP contribution in [0.2, 0.25) is 0 Å². The highest BCUT2D eigenvalue weighted by atomic mass is 32.2. The summed E-state index contributed by atoms with van der Waals surface area (Å²) in [4.78, 5) is 10.4. The highest BCUT2D eigenvalue weighted by Crippen LogP contribution is 2.23. The largest absolute Gasteiger partial charge is 0.322 e. The van der Waals surface area contributed by atoms with E-state index in [1.165, 1.54) is 6.26 Å². The van der Waals surface area contributed by atoms with Crippen molar-refractivity contribution in [1.82, 2.24) is 15.3 Å². The molecule has 1 N–H and O–H groups in total. The molecule has 1 atom stereocenters. The lowest BCUT2D eigenvalue weighted by atomic mass is 10.3. The number of anilines is 1. The van der Waals surface area contributed by atoms with Crippen LogP contribution in [0.25, 0.3) is 0 Å². The third-order valence-corrected chi connectivity index (χ3v) is 5.75. The van der Waals surface area contributed by atoms with Crippen molar-refractivity contribution in [2.75, 3.05) is 35.8 Å². The average molecular weight is 316 g/mol. The summed E-state index contributed by atoms with van der Waals surface area (Å²) in [6, 6.07) is 0. The molecule has 1 aliphatic rings. The van der Waals surface area contributed by atoms with Gasteiger partial charge in [-0.15, -0.1) is 0 Å². The molecule has 0 spiro atoms. The van der Waals surface area contributed by atoms with Crippen molar-refractivity contribution in [3.8, 4) is 0 Å². The minimum atomic E-state index is -3.13. The molecule has 1 aromatic heterocycles. The standard InChI is InChI=1S/C12H20N4O2S2/c1-3-13-6-10-7-14-12(15-8-10)16-4-5-19-9-11(16)20(2,17)18/h7-8,11,13H,3-6,9H2,1-2H3. The molecule has 0 bridgehead atoms. The minimum Gasteiger partial charge on any atom is -0.322 e. The molecule has 1 aromatic rings. The number of nitrogens with one attached hydrogen (secondary N) is 1.